The largest absolute Gasteiger partial charge is 0.493 e. The standard InChI is InChI=1S/C15H16BrClN2O2/c1-5-9-8(2)18-15(19-14(9)17)10-6-12(20-3)13(21-4)7-11(10)16/h6-7H,5H2,1-4H3. The van der Waals surface area contributed by atoms with Crippen LogP contribution in [-0.4, -0.2) is 24.2 Å². The Bertz CT molecular complexity index is 654. The van der Waals surface area contributed by atoms with Crippen LogP contribution in [0.1, 0.15) is 18.2 Å². The first-order valence-electron chi connectivity index (χ1n) is 6.46. The second kappa shape index (κ2) is 6.62. The van der Waals surface area contributed by atoms with E-state index in [1.807, 2.05) is 26.0 Å². The number of methoxy groups -OCH3 is 2. The number of aromatic nitrogens is 2. The van der Waals surface area contributed by atoms with Crippen LogP contribution >= 0.6 is 27.5 Å². The fourth-order valence-corrected chi connectivity index (χ4v) is 2.96. The van der Waals surface area contributed by atoms with E-state index in [1.165, 1.54) is 0 Å². The first-order valence-corrected chi connectivity index (χ1v) is 7.63. The summed E-state index contributed by atoms with van der Waals surface area (Å²) in [5.74, 6) is 1.82. The molecule has 1 heterocycles. The van der Waals surface area contributed by atoms with Crippen molar-refractivity contribution >= 4 is 27.5 Å². The van der Waals surface area contributed by atoms with Gasteiger partial charge in [0.05, 0.1) is 14.2 Å². The van der Waals surface area contributed by atoms with Crippen LogP contribution in [0.2, 0.25) is 5.15 Å². The van der Waals surface area contributed by atoms with Crippen LogP contribution in [0.3, 0.4) is 0 Å². The van der Waals surface area contributed by atoms with Gasteiger partial charge in [0.25, 0.3) is 0 Å². The number of rotatable bonds is 4. The molecule has 0 saturated heterocycles. The molecule has 21 heavy (non-hydrogen) atoms. The number of nitrogens with zero attached hydrogens (tertiary/aromatic N) is 2. The molecule has 6 heteroatoms. The summed E-state index contributed by atoms with van der Waals surface area (Å²) in [7, 11) is 3.19. The zero-order valence-corrected chi connectivity index (χ0v) is 14.7. The summed E-state index contributed by atoms with van der Waals surface area (Å²) in [6.45, 7) is 3.97. The van der Waals surface area contributed by atoms with Crippen LogP contribution in [0.25, 0.3) is 11.4 Å². The van der Waals surface area contributed by atoms with E-state index in [4.69, 9.17) is 21.1 Å². The fourth-order valence-electron chi connectivity index (χ4n) is 2.11. The summed E-state index contributed by atoms with van der Waals surface area (Å²) in [5, 5.41) is 0.488. The monoisotopic (exact) mass is 370 g/mol. The van der Waals surface area contributed by atoms with Crippen molar-refractivity contribution in [1.29, 1.82) is 0 Å². The molecule has 0 bridgehead atoms. The van der Waals surface area contributed by atoms with Crippen LogP contribution in [0, 0.1) is 6.92 Å². The third kappa shape index (κ3) is 3.14. The van der Waals surface area contributed by atoms with Gasteiger partial charge in [0, 0.05) is 21.3 Å². The minimum Gasteiger partial charge on any atom is -0.493 e. The molecule has 0 saturated carbocycles. The van der Waals surface area contributed by atoms with E-state index in [0.29, 0.717) is 22.5 Å². The number of benzene rings is 1. The first-order chi connectivity index (χ1) is 10.0. The number of ether oxygens (including phenoxy) is 2. The van der Waals surface area contributed by atoms with Gasteiger partial charge in [0.1, 0.15) is 5.15 Å². The average molecular weight is 372 g/mol. The predicted molar refractivity (Wildman–Crippen MR) is 87.4 cm³/mol. The van der Waals surface area contributed by atoms with Gasteiger partial charge in [-0.25, -0.2) is 9.97 Å². The second-order valence-electron chi connectivity index (χ2n) is 4.44. The number of hydrogen-bond acceptors (Lipinski definition) is 4. The smallest absolute Gasteiger partial charge is 0.162 e. The molecule has 1 aromatic carbocycles. The van der Waals surface area contributed by atoms with Gasteiger partial charge >= 0.3 is 0 Å². The van der Waals surface area contributed by atoms with Crippen molar-refractivity contribution in [1.82, 2.24) is 9.97 Å². The molecule has 0 radical (unpaired) electrons. The Balaban J connectivity index is 2.62. The third-order valence-electron chi connectivity index (χ3n) is 3.23. The number of aryl methyl sites for hydroxylation is 1. The van der Waals surface area contributed by atoms with Gasteiger partial charge in [0.2, 0.25) is 0 Å². The SMILES string of the molecule is CCc1c(C)nc(-c2cc(OC)c(OC)cc2Br)nc1Cl. The van der Waals surface area contributed by atoms with Gasteiger partial charge in [-0.2, -0.15) is 0 Å². The summed E-state index contributed by atoms with van der Waals surface area (Å²) in [5.41, 5.74) is 2.66. The molecule has 2 rings (SSSR count). The molecule has 112 valence electrons. The van der Waals surface area contributed by atoms with Gasteiger partial charge in [-0.3, -0.25) is 0 Å². The highest BCUT2D eigenvalue weighted by Gasteiger charge is 2.16. The first kappa shape index (κ1) is 16.0. The van der Waals surface area contributed by atoms with E-state index in [9.17, 15) is 0 Å². The van der Waals surface area contributed by atoms with E-state index in [-0.39, 0.29) is 0 Å². The zero-order chi connectivity index (χ0) is 15.6. The average Bonchev–Trinajstić information content (AvgIpc) is 2.46. The number of hydrogen-bond donors (Lipinski definition) is 0. The van der Waals surface area contributed by atoms with Gasteiger partial charge < -0.3 is 9.47 Å². The predicted octanol–water partition coefficient (Wildman–Crippen LogP) is 4.45. The van der Waals surface area contributed by atoms with Crippen molar-refractivity contribution in [2.45, 2.75) is 20.3 Å². The van der Waals surface area contributed by atoms with Gasteiger partial charge in [-0.05, 0) is 41.4 Å². The summed E-state index contributed by atoms with van der Waals surface area (Å²) in [6.07, 6.45) is 0.804. The Kier molecular flexibility index (Phi) is 5.06. The van der Waals surface area contributed by atoms with E-state index < -0.39 is 0 Å². The van der Waals surface area contributed by atoms with Crippen molar-refractivity contribution in [3.05, 3.63) is 33.0 Å². The summed E-state index contributed by atoms with van der Waals surface area (Å²) < 4.78 is 11.4. The summed E-state index contributed by atoms with van der Waals surface area (Å²) in [4.78, 5) is 8.94. The molecule has 0 unspecified atom stereocenters. The lowest BCUT2D eigenvalue weighted by atomic mass is 10.1. The lowest BCUT2D eigenvalue weighted by Gasteiger charge is -2.13. The molecule has 1 aromatic heterocycles. The van der Waals surface area contributed by atoms with Crippen LogP contribution < -0.4 is 9.47 Å². The fraction of sp³-hybridized carbons (Fsp3) is 0.333. The van der Waals surface area contributed by atoms with Crippen molar-refractivity contribution in [3.63, 3.8) is 0 Å². The molecule has 0 atom stereocenters. The quantitative estimate of drug-likeness (QED) is 0.745. The second-order valence-corrected chi connectivity index (χ2v) is 5.65. The van der Waals surface area contributed by atoms with Crippen LogP contribution in [-0.2, 0) is 6.42 Å². The molecular weight excluding hydrogens is 356 g/mol. The molecule has 0 aliphatic rings. The maximum Gasteiger partial charge on any atom is 0.162 e. The van der Waals surface area contributed by atoms with Gasteiger partial charge in [-0.1, -0.05) is 18.5 Å². The molecule has 0 fully saturated rings. The summed E-state index contributed by atoms with van der Waals surface area (Å²) in [6, 6.07) is 3.66. The normalized spacial score (nSPS) is 10.6. The van der Waals surface area contributed by atoms with Gasteiger partial charge in [0.15, 0.2) is 17.3 Å². The van der Waals surface area contributed by atoms with E-state index >= 15 is 0 Å². The van der Waals surface area contributed by atoms with Crippen molar-refractivity contribution in [2.75, 3.05) is 14.2 Å². The zero-order valence-electron chi connectivity index (χ0n) is 12.3. The van der Waals surface area contributed by atoms with E-state index in [2.05, 4.69) is 25.9 Å². The minimum atomic E-state index is 0.488. The van der Waals surface area contributed by atoms with Crippen molar-refractivity contribution in [3.8, 4) is 22.9 Å². The molecule has 0 spiro atoms. The minimum absolute atomic E-state index is 0.488. The molecule has 0 aliphatic heterocycles. The van der Waals surface area contributed by atoms with E-state index in [0.717, 1.165) is 27.7 Å². The Morgan fingerprint density at radius 3 is 2.29 bits per heavy atom. The topological polar surface area (TPSA) is 44.2 Å². The molecule has 4 nitrogen and oxygen atoms in total. The van der Waals surface area contributed by atoms with Crippen molar-refractivity contribution in [2.24, 2.45) is 0 Å². The maximum atomic E-state index is 6.25. The lowest BCUT2D eigenvalue weighted by Crippen LogP contribution is -2.00. The van der Waals surface area contributed by atoms with Crippen LogP contribution in [0.15, 0.2) is 16.6 Å². The van der Waals surface area contributed by atoms with Crippen LogP contribution in [0.4, 0.5) is 0 Å². The third-order valence-corrected chi connectivity index (χ3v) is 4.20. The molecule has 0 aliphatic carbocycles. The van der Waals surface area contributed by atoms with Crippen molar-refractivity contribution < 1.29 is 9.47 Å². The Labute approximate surface area is 137 Å². The molecule has 2 aromatic rings. The Morgan fingerprint density at radius 2 is 1.76 bits per heavy atom. The Morgan fingerprint density at radius 1 is 1.14 bits per heavy atom. The van der Waals surface area contributed by atoms with Crippen LogP contribution in [0.5, 0.6) is 11.5 Å². The Hall–Kier alpha value is -1.33. The van der Waals surface area contributed by atoms with Gasteiger partial charge in [-0.15, -0.1) is 0 Å². The maximum absolute atomic E-state index is 6.25. The molecule has 0 amide bonds. The number of halogens is 2. The highest BCUT2D eigenvalue weighted by Crippen LogP contribution is 2.38. The highest BCUT2D eigenvalue weighted by atomic mass is 79.9. The summed E-state index contributed by atoms with van der Waals surface area (Å²) >= 11 is 9.76. The highest BCUT2D eigenvalue weighted by molar-refractivity contribution is 9.10. The molecule has 0 N–H and O–H groups in total. The molecular formula is C15H16BrClN2O2. The van der Waals surface area contributed by atoms with E-state index in [1.54, 1.807) is 14.2 Å². The lowest BCUT2D eigenvalue weighted by molar-refractivity contribution is 0.355.